The van der Waals surface area contributed by atoms with E-state index in [2.05, 4.69) is 55.6 Å². The van der Waals surface area contributed by atoms with Gasteiger partial charge in [-0.1, -0.05) is 40.5 Å². The molecule has 0 radical (unpaired) electrons. The van der Waals surface area contributed by atoms with Crippen molar-refractivity contribution in [3.05, 3.63) is 18.7 Å². The van der Waals surface area contributed by atoms with Crippen molar-refractivity contribution in [2.45, 2.75) is 79.2 Å². The fraction of sp³-hybridized carbons (Fsp3) is 0.833. The Morgan fingerprint density at radius 3 is 2.86 bits per heavy atom. The van der Waals surface area contributed by atoms with E-state index in [1.54, 1.807) is 0 Å². The van der Waals surface area contributed by atoms with Gasteiger partial charge in [0, 0.05) is 0 Å². The first-order chi connectivity index (χ1) is 10.1. The molecule has 1 heterocycles. The van der Waals surface area contributed by atoms with Crippen LogP contribution < -0.4 is 4.57 Å². The van der Waals surface area contributed by atoms with Crippen molar-refractivity contribution in [2.24, 2.45) is 17.8 Å². The molecule has 1 aliphatic rings. The quantitative estimate of drug-likeness (QED) is 0.695. The third-order valence-electron chi connectivity index (χ3n) is 4.92. The van der Waals surface area contributed by atoms with Gasteiger partial charge in [0.2, 0.25) is 6.33 Å². The maximum Gasteiger partial charge on any atom is 0.245 e. The number of ether oxygens (including phenoxy) is 1. The minimum atomic E-state index is 0.431. The van der Waals surface area contributed by atoms with Crippen LogP contribution in [-0.4, -0.2) is 10.7 Å². The highest BCUT2D eigenvalue weighted by Gasteiger charge is 2.31. The Kier molecular flexibility index (Phi) is 6.28. The molecule has 0 aliphatic heterocycles. The molecular formula is C18H33N2O+. The van der Waals surface area contributed by atoms with Crippen LogP contribution in [0, 0.1) is 17.8 Å². The molecule has 3 heteroatoms. The molecule has 1 aliphatic carbocycles. The van der Waals surface area contributed by atoms with Crippen LogP contribution in [0.15, 0.2) is 18.7 Å². The SMILES string of the molecule is CCCCn1cc[n+](COC2C[C@H](C)CCC2C(C)C)c1. The van der Waals surface area contributed by atoms with Gasteiger partial charge in [0.1, 0.15) is 12.4 Å². The van der Waals surface area contributed by atoms with Gasteiger partial charge in [0.25, 0.3) is 0 Å². The molecule has 3 nitrogen and oxygen atoms in total. The van der Waals surface area contributed by atoms with E-state index in [9.17, 15) is 0 Å². The molecule has 120 valence electrons. The van der Waals surface area contributed by atoms with Crippen molar-refractivity contribution in [2.75, 3.05) is 0 Å². The lowest BCUT2D eigenvalue weighted by Gasteiger charge is -2.36. The van der Waals surface area contributed by atoms with Crippen molar-refractivity contribution in [1.82, 2.24) is 4.57 Å². The molecule has 0 bridgehead atoms. The molecule has 0 spiro atoms. The van der Waals surface area contributed by atoms with E-state index in [1.807, 2.05) is 0 Å². The number of rotatable bonds is 7. The molecule has 0 N–H and O–H groups in total. The second-order valence-corrected chi connectivity index (χ2v) is 7.18. The summed E-state index contributed by atoms with van der Waals surface area (Å²) in [5.74, 6) is 2.26. The topological polar surface area (TPSA) is 18.0 Å². The monoisotopic (exact) mass is 293 g/mol. The zero-order valence-corrected chi connectivity index (χ0v) is 14.3. The maximum absolute atomic E-state index is 6.28. The fourth-order valence-electron chi connectivity index (χ4n) is 3.48. The van der Waals surface area contributed by atoms with E-state index < -0.39 is 0 Å². The van der Waals surface area contributed by atoms with Gasteiger partial charge in [0.15, 0.2) is 6.73 Å². The van der Waals surface area contributed by atoms with E-state index >= 15 is 0 Å². The molecule has 0 aromatic carbocycles. The molecule has 2 unspecified atom stereocenters. The summed E-state index contributed by atoms with van der Waals surface area (Å²) in [6, 6.07) is 0. The summed E-state index contributed by atoms with van der Waals surface area (Å²) >= 11 is 0. The third-order valence-corrected chi connectivity index (χ3v) is 4.92. The molecule has 2 rings (SSSR count). The van der Waals surface area contributed by atoms with Crippen LogP contribution in [-0.2, 0) is 18.0 Å². The Morgan fingerprint density at radius 2 is 2.14 bits per heavy atom. The molecular weight excluding hydrogens is 260 g/mol. The smallest absolute Gasteiger partial charge is 0.245 e. The van der Waals surface area contributed by atoms with Crippen molar-refractivity contribution in [3.8, 4) is 0 Å². The summed E-state index contributed by atoms with van der Waals surface area (Å²) < 4.78 is 10.7. The largest absolute Gasteiger partial charge is 0.338 e. The van der Waals surface area contributed by atoms with Gasteiger partial charge < -0.3 is 4.74 Å². The van der Waals surface area contributed by atoms with E-state index in [1.165, 1.54) is 32.1 Å². The standard InChI is InChI=1S/C18H33N2O/c1-5-6-9-19-10-11-20(13-19)14-21-18-12-16(4)7-8-17(18)15(2)3/h10-11,13,15-18H,5-9,12,14H2,1-4H3/q+1/t16-,17?,18?/m1/s1. The van der Waals surface area contributed by atoms with Gasteiger partial charge in [0.05, 0.1) is 12.6 Å². The molecule has 3 atom stereocenters. The Balaban J connectivity index is 1.86. The zero-order chi connectivity index (χ0) is 15.2. The average molecular weight is 293 g/mol. The Morgan fingerprint density at radius 1 is 1.33 bits per heavy atom. The van der Waals surface area contributed by atoms with Crippen molar-refractivity contribution in [3.63, 3.8) is 0 Å². The van der Waals surface area contributed by atoms with Crippen LogP contribution in [0.1, 0.15) is 59.8 Å². The highest BCUT2D eigenvalue weighted by molar-refractivity contribution is 4.80. The summed E-state index contributed by atoms with van der Waals surface area (Å²) in [5, 5.41) is 0. The second kappa shape index (κ2) is 7.98. The Hall–Kier alpha value is -0.830. The second-order valence-electron chi connectivity index (χ2n) is 7.18. The molecule has 1 aromatic rings. The van der Waals surface area contributed by atoms with Gasteiger partial charge in [-0.05, 0) is 37.0 Å². The summed E-state index contributed by atoms with van der Waals surface area (Å²) in [7, 11) is 0. The third kappa shape index (κ3) is 4.84. The molecule has 0 saturated heterocycles. The highest BCUT2D eigenvalue weighted by atomic mass is 16.5. The van der Waals surface area contributed by atoms with E-state index in [0.717, 1.165) is 24.3 Å². The fourth-order valence-corrected chi connectivity index (χ4v) is 3.48. The van der Waals surface area contributed by atoms with Gasteiger partial charge in [-0.2, -0.15) is 0 Å². The minimum Gasteiger partial charge on any atom is -0.338 e. The summed E-state index contributed by atoms with van der Waals surface area (Å²) in [4.78, 5) is 0. The Bertz CT molecular complexity index is 413. The molecule has 1 saturated carbocycles. The van der Waals surface area contributed by atoms with E-state index in [-0.39, 0.29) is 0 Å². The number of hydrogen-bond acceptors (Lipinski definition) is 1. The number of hydrogen-bond donors (Lipinski definition) is 0. The lowest BCUT2D eigenvalue weighted by molar-refractivity contribution is -0.735. The van der Waals surface area contributed by atoms with Crippen LogP contribution >= 0.6 is 0 Å². The Labute approximate surface area is 130 Å². The lowest BCUT2D eigenvalue weighted by Crippen LogP contribution is -2.40. The number of aromatic nitrogens is 2. The van der Waals surface area contributed by atoms with Crippen LogP contribution in [0.25, 0.3) is 0 Å². The maximum atomic E-state index is 6.28. The summed E-state index contributed by atoms with van der Waals surface area (Å²) in [6.45, 7) is 11.1. The minimum absolute atomic E-state index is 0.431. The zero-order valence-electron chi connectivity index (χ0n) is 14.3. The van der Waals surface area contributed by atoms with Crippen molar-refractivity contribution in [1.29, 1.82) is 0 Å². The van der Waals surface area contributed by atoms with Crippen molar-refractivity contribution >= 4 is 0 Å². The number of aryl methyl sites for hydroxylation is 1. The summed E-state index contributed by atoms with van der Waals surface area (Å²) in [6.07, 6.45) is 13.3. The van der Waals surface area contributed by atoms with Gasteiger partial charge in [-0.3, -0.25) is 0 Å². The molecule has 1 aromatic heterocycles. The molecule has 0 amide bonds. The average Bonchev–Trinajstić information content (AvgIpc) is 2.90. The van der Waals surface area contributed by atoms with Crippen LogP contribution in [0.3, 0.4) is 0 Å². The van der Waals surface area contributed by atoms with Crippen molar-refractivity contribution < 1.29 is 9.30 Å². The highest BCUT2D eigenvalue weighted by Crippen LogP contribution is 2.35. The normalized spacial score (nSPS) is 26.4. The van der Waals surface area contributed by atoms with Gasteiger partial charge >= 0.3 is 0 Å². The predicted octanol–water partition coefficient (Wildman–Crippen LogP) is 4.01. The number of imidazole rings is 1. The predicted molar refractivity (Wildman–Crippen MR) is 85.8 cm³/mol. The van der Waals surface area contributed by atoms with E-state index in [0.29, 0.717) is 12.8 Å². The first kappa shape index (κ1) is 16.5. The van der Waals surface area contributed by atoms with Crippen LogP contribution in [0.4, 0.5) is 0 Å². The molecule has 21 heavy (non-hydrogen) atoms. The first-order valence-corrected chi connectivity index (χ1v) is 8.76. The van der Waals surface area contributed by atoms with Gasteiger partial charge in [-0.15, -0.1) is 0 Å². The number of nitrogens with zero attached hydrogens (tertiary/aromatic N) is 2. The van der Waals surface area contributed by atoms with Crippen LogP contribution in [0.2, 0.25) is 0 Å². The summed E-state index contributed by atoms with van der Waals surface area (Å²) in [5.41, 5.74) is 0. The number of unbranched alkanes of at least 4 members (excludes halogenated alkanes) is 1. The molecule has 1 fully saturated rings. The van der Waals surface area contributed by atoms with Crippen LogP contribution in [0.5, 0.6) is 0 Å². The van der Waals surface area contributed by atoms with E-state index in [4.69, 9.17) is 4.74 Å². The lowest BCUT2D eigenvalue weighted by atomic mass is 9.75. The van der Waals surface area contributed by atoms with Gasteiger partial charge in [-0.25, -0.2) is 9.13 Å². The first-order valence-electron chi connectivity index (χ1n) is 8.76.